The second kappa shape index (κ2) is 8.33. The third kappa shape index (κ3) is 4.07. The summed E-state index contributed by atoms with van der Waals surface area (Å²) in [5.74, 6) is -3.39. The van der Waals surface area contributed by atoms with E-state index in [1.54, 1.807) is 49.4 Å². The number of aromatic nitrogens is 1. The Morgan fingerprint density at radius 3 is 2.71 bits per heavy atom. The van der Waals surface area contributed by atoms with Gasteiger partial charge in [-0.3, -0.25) is 14.5 Å². The molecule has 0 saturated carbocycles. The lowest BCUT2D eigenvalue weighted by Crippen LogP contribution is -2.33. The van der Waals surface area contributed by atoms with Crippen LogP contribution in [-0.2, 0) is 22.0 Å². The zero-order valence-electron chi connectivity index (χ0n) is 19.2. The molecule has 1 fully saturated rings. The summed E-state index contributed by atoms with van der Waals surface area (Å²) in [6.45, 7) is 3.39. The number of ether oxygens (including phenoxy) is 1. The van der Waals surface area contributed by atoms with Gasteiger partial charge in [0.25, 0.3) is 11.5 Å². The Bertz CT molecular complexity index is 1460. The largest absolute Gasteiger partial charge is 0.442 e. The number of pyridine rings is 1. The van der Waals surface area contributed by atoms with Crippen molar-refractivity contribution in [3.8, 4) is 11.3 Å². The van der Waals surface area contributed by atoms with Gasteiger partial charge in [-0.2, -0.15) is 8.78 Å². The van der Waals surface area contributed by atoms with E-state index in [0.717, 1.165) is 6.08 Å². The first-order valence-corrected chi connectivity index (χ1v) is 11.2. The van der Waals surface area contributed by atoms with Gasteiger partial charge in [0.15, 0.2) is 0 Å². The zero-order valence-corrected chi connectivity index (χ0v) is 19.2. The van der Waals surface area contributed by atoms with E-state index in [1.807, 2.05) is 0 Å². The van der Waals surface area contributed by atoms with Gasteiger partial charge >= 0.3 is 6.09 Å². The lowest BCUT2D eigenvalue weighted by Gasteiger charge is -2.24. The van der Waals surface area contributed by atoms with Crippen LogP contribution in [-0.4, -0.2) is 35.8 Å². The van der Waals surface area contributed by atoms with Gasteiger partial charge in [-0.05, 0) is 36.6 Å². The summed E-state index contributed by atoms with van der Waals surface area (Å²) in [4.78, 5) is 38.6. The second-order valence-corrected chi connectivity index (χ2v) is 8.91. The van der Waals surface area contributed by atoms with Crippen LogP contribution in [0.15, 0.2) is 65.0 Å². The van der Waals surface area contributed by atoms with Crippen molar-refractivity contribution < 1.29 is 23.1 Å². The van der Waals surface area contributed by atoms with Gasteiger partial charge in [-0.25, -0.2) is 4.79 Å². The number of benzene rings is 2. The summed E-state index contributed by atoms with van der Waals surface area (Å²) < 4.78 is 36.7. The number of halogens is 2. The Hall–Kier alpha value is -4.01. The highest BCUT2D eigenvalue weighted by molar-refractivity contribution is 5.95. The Morgan fingerprint density at radius 1 is 1.17 bits per heavy atom. The standard InChI is InChI=1S/C26H23F2N3O4/c1-15-11-26(27,28)22-6-4-3-5-20(22)23-9-17-7-8-18(10-21(17)24(33)31(23)13-15)30-14-19(35-25(30)34)12-29-16(2)32/h3-11,19H,12-14H2,1-2H3,(H,29,32). The highest BCUT2D eigenvalue weighted by Gasteiger charge is 2.35. The number of alkyl halides is 2. The molecule has 0 spiro atoms. The molecule has 0 radical (unpaired) electrons. The summed E-state index contributed by atoms with van der Waals surface area (Å²) in [5, 5.41) is 3.57. The minimum Gasteiger partial charge on any atom is -0.442 e. The number of carbonyl (C=O) groups excluding carboxylic acids is 2. The third-order valence-corrected chi connectivity index (χ3v) is 6.26. The van der Waals surface area contributed by atoms with Gasteiger partial charge in [0.1, 0.15) is 6.10 Å². The topological polar surface area (TPSA) is 80.6 Å². The number of anilines is 1. The third-order valence-electron chi connectivity index (χ3n) is 6.26. The fourth-order valence-corrected chi connectivity index (χ4v) is 4.66. The molecule has 35 heavy (non-hydrogen) atoms. The van der Waals surface area contributed by atoms with Gasteiger partial charge in [-0.15, -0.1) is 0 Å². The molecule has 1 aromatic heterocycles. The number of cyclic esters (lactones) is 1. The summed E-state index contributed by atoms with van der Waals surface area (Å²) in [6, 6.07) is 12.9. The SMILES string of the molecule is CC(=O)NCC1CN(c2ccc3cc4n(c(=O)c3c2)CC(C)=CC(F)(F)c2ccccc2-4)C(=O)O1. The molecule has 0 bridgehead atoms. The summed E-state index contributed by atoms with van der Waals surface area (Å²) >= 11 is 0. The first-order valence-electron chi connectivity index (χ1n) is 11.2. The maximum atomic E-state index is 15.0. The molecule has 2 aliphatic heterocycles. The van der Waals surface area contributed by atoms with Crippen LogP contribution in [0.2, 0.25) is 0 Å². The quantitative estimate of drug-likeness (QED) is 0.572. The van der Waals surface area contributed by atoms with E-state index in [2.05, 4.69) is 5.32 Å². The van der Waals surface area contributed by atoms with E-state index < -0.39 is 18.1 Å². The molecule has 9 heteroatoms. The van der Waals surface area contributed by atoms with Crippen LogP contribution in [0, 0.1) is 0 Å². The second-order valence-electron chi connectivity index (χ2n) is 8.91. The number of nitrogens with one attached hydrogen (secondary N) is 1. The van der Waals surface area contributed by atoms with E-state index >= 15 is 0 Å². The molecular formula is C26H23F2N3O4. The number of carbonyl (C=O) groups is 2. The average molecular weight is 479 g/mol. The van der Waals surface area contributed by atoms with Crippen LogP contribution in [0.4, 0.5) is 19.3 Å². The molecule has 180 valence electrons. The van der Waals surface area contributed by atoms with Crippen LogP contribution >= 0.6 is 0 Å². The molecule has 1 saturated heterocycles. The molecule has 1 atom stereocenters. The van der Waals surface area contributed by atoms with Gasteiger partial charge in [0.2, 0.25) is 5.91 Å². The number of allylic oxidation sites excluding steroid dienone is 2. The zero-order chi connectivity index (χ0) is 24.9. The maximum absolute atomic E-state index is 15.0. The summed E-state index contributed by atoms with van der Waals surface area (Å²) in [6.07, 6.45) is -0.178. The Balaban J connectivity index is 1.60. The molecule has 0 aliphatic carbocycles. The van der Waals surface area contributed by atoms with Crippen LogP contribution in [0.3, 0.4) is 0 Å². The Kier molecular flexibility index (Phi) is 5.42. The molecule has 2 amide bonds. The molecule has 1 N–H and O–H groups in total. The lowest BCUT2D eigenvalue weighted by molar-refractivity contribution is -0.119. The average Bonchev–Trinajstić information content (AvgIpc) is 3.18. The molecule has 7 nitrogen and oxygen atoms in total. The first-order chi connectivity index (χ1) is 16.6. The van der Waals surface area contributed by atoms with E-state index in [0.29, 0.717) is 33.3 Å². The Labute approximate surface area is 199 Å². The number of rotatable bonds is 3. The molecular weight excluding hydrogens is 456 g/mol. The van der Waals surface area contributed by atoms with Crippen molar-refractivity contribution in [2.45, 2.75) is 32.4 Å². The van der Waals surface area contributed by atoms with Crippen molar-refractivity contribution in [2.24, 2.45) is 0 Å². The Morgan fingerprint density at radius 2 is 1.94 bits per heavy atom. The highest BCUT2D eigenvalue weighted by Crippen LogP contribution is 2.40. The summed E-state index contributed by atoms with van der Waals surface area (Å²) in [5.41, 5.74) is 1.06. The lowest BCUT2D eigenvalue weighted by atomic mass is 9.94. The molecule has 3 heterocycles. The number of hydrogen-bond acceptors (Lipinski definition) is 4. The van der Waals surface area contributed by atoms with Gasteiger partial charge in [0.05, 0.1) is 18.8 Å². The van der Waals surface area contributed by atoms with Gasteiger partial charge in [0, 0.05) is 35.7 Å². The van der Waals surface area contributed by atoms with Crippen molar-refractivity contribution in [2.75, 3.05) is 18.0 Å². The molecule has 1 unspecified atom stereocenters. The van der Waals surface area contributed by atoms with Crippen molar-refractivity contribution >= 4 is 28.5 Å². The predicted octanol–water partition coefficient (Wildman–Crippen LogP) is 4.18. The van der Waals surface area contributed by atoms with Gasteiger partial charge in [-0.1, -0.05) is 35.9 Å². The predicted molar refractivity (Wildman–Crippen MR) is 128 cm³/mol. The maximum Gasteiger partial charge on any atom is 0.414 e. The van der Waals surface area contributed by atoms with Crippen LogP contribution in [0.5, 0.6) is 0 Å². The fraction of sp³-hybridized carbons (Fsp3) is 0.269. The normalized spacial score (nSPS) is 18.7. The molecule has 2 aromatic carbocycles. The van der Waals surface area contributed by atoms with Crippen molar-refractivity contribution in [1.82, 2.24) is 9.88 Å². The van der Waals surface area contributed by atoms with E-state index in [1.165, 1.54) is 22.5 Å². The van der Waals surface area contributed by atoms with Gasteiger partial charge < -0.3 is 14.6 Å². The van der Waals surface area contributed by atoms with E-state index in [-0.39, 0.29) is 36.7 Å². The van der Waals surface area contributed by atoms with E-state index in [9.17, 15) is 23.2 Å². The van der Waals surface area contributed by atoms with E-state index in [4.69, 9.17) is 4.74 Å². The van der Waals surface area contributed by atoms with Crippen molar-refractivity contribution in [3.63, 3.8) is 0 Å². The number of amides is 2. The smallest absolute Gasteiger partial charge is 0.414 e. The number of nitrogens with zero attached hydrogens (tertiary/aromatic N) is 2. The molecule has 5 rings (SSSR count). The van der Waals surface area contributed by atoms with Crippen LogP contribution in [0.1, 0.15) is 19.4 Å². The first kappa shape index (κ1) is 22.8. The molecule has 3 aromatic rings. The number of fused-ring (bicyclic) bond motifs is 4. The van der Waals surface area contributed by atoms with Crippen molar-refractivity contribution in [1.29, 1.82) is 0 Å². The monoisotopic (exact) mass is 479 g/mol. The van der Waals surface area contributed by atoms with Crippen molar-refractivity contribution in [3.05, 3.63) is 76.1 Å². The minimum atomic E-state index is -3.16. The molecule has 2 aliphatic rings. The van der Waals surface area contributed by atoms with Crippen LogP contribution in [0.25, 0.3) is 22.0 Å². The number of hydrogen-bond donors (Lipinski definition) is 1. The summed E-state index contributed by atoms with van der Waals surface area (Å²) in [7, 11) is 0. The minimum absolute atomic E-state index is 0.0167. The van der Waals surface area contributed by atoms with Crippen LogP contribution < -0.4 is 15.8 Å². The fourth-order valence-electron chi connectivity index (χ4n) is 4.66. The highest BCUT2D eigenvalue weighted by atomic mass is 19.3.